The van der Waals surface area contributed by atoms with Crippen LogP contribution in [0.2, 0.25) is 5.02 Å². The smallest absolute Gasteiger partial charge is 0.277 e. The monoisotopic (exact) mass is 388 g/mol. The average Bonchev–Trinajstić information content (AvgIpc) is 3.25. The maximum atomic E-state index is 6.47. The number of hydrogen-bond acceptors (Lipinski definition) is 6. The third-order valence-electron chi connectivity index (χ3n) is 3.66. The zero-order valence-corrected chi connectivity index (χ0v) is 15.6. The number of thioether (sulfide) groups is 1. The highest BCUT2D eigenvalue weighted by Crippen LogP contribution is 2.41. The van der Waals surface area contributed by atoms with Crippen molar-refractivity contribution in [2.45, 2.75) is 11.0 Å². The highest BCUT2D eigenvalue weighted by molar-refractivity contribution is 7.98. The average molecular weight is 389 g/mol. The molecule has 4 aromatic rings. The standard InChI is InChI=1S/C18H13ClN2O2S2/c1-22-12-8-6-11(7-9-12)10-24-18-21-20-17(23-18)16-15(19)13-4-2-3-5-14(13)25-16/h2-9H,10H2,1H3. The fraction of sp³-hybridized carbons (Fsp3) is 0.111. The van der Waals surface area contributed by atoms with Gasteiger partial charge in [-0.05, 0) is 23.8 Å². The number of halogens is 1. The Kier molecular flexibility index (Phi) is 4.65. The predicted octanol–water partition coefficient (Wildman–Crippen LogP) is 5.91. The van der Waals surface area contributed by atoms with Crippen molar-refractivity contribution in [2.24, 2.45) is 0 Å². The lowest BCUT2D eigenvalue weighted by atomic mass is 10.2. The van der Waals surface area contributed by atoms with E-state index >= 15 is 0 Å². The van der Waals surface area contributed by atoms with Gasteiger partial charge in [0.25, 0.3) is 11.1 Å². The SMILES string of the molecule is COc1ccc(CSc2nnc(-c3sc4ccccc4c3Cl)o2)cc1. The number of ether oxygens (including phenoxy) is 1. The lowest BCUT2D eigenvalue weighted by Crippen LogP contribution is -1.84. The summed E-state index contributed by atoms with van der Waals surface area (Å²) in [6.07, 6.45) is 0. The van der Waals surface area contributed by atoms with Gasteiger partial charge in [-0.2, -0.15) is 0 Å². The van der Waals surface area contributed by atoms with Crippen LogP contribution in [-0.2, 0) is 5.75 Å². The quantitative estimate of drug-likeness (QED) is 0.398. The van der Waals surface area contributed by atoms with Gasteiger partial charge in [0.1, 0.15) is 10.6 Å². The van der Waals surface area contributed by atoms with E-state index in [1.54, 1.807) is 18.4 Å². The fourth-order valence-electron chi connectivity index (χ4n) is 2.38. The first kappa shape index (κ1) is 16.4. The Morgan fingerprint density at radius 3 is 2.68 bits per heavy atom. The van der Waals surface area contributed by atoms with E-state index in [-0.39, 0.29) is 0 Å². The number of methoxy groups -OCH3 is 1. The normalized spacial score (nSPS) is 11.1. The molecule has 0 saturated carbocycles. The molecule has 0 saturated heterocycles. The summed E-state index contributed by atoms with van der Waals surface area (Å²) in [4.78, 5) is 0.812. The van der Waals surface area contributed by atoms with Gasteiger partial charge >= 0.3 is 0 Å². The minimum Gasteiger partial charge on any atom is -0.497 e. The Bertz CT molecular complexity index is 1010. The van der Waals surface area contributed by atoms with Crippen molar-refractivity contribution < 1.29 is 9.15 Å². The molecule has 0 bridgehead atoms. The number of aromatic nitrogens is 2. The van der Waals surface area contributed by atoms with E-state index in [1.165, 1.54) is 11.8 Å². The van der Waals surface area contributed by atoms with Crippen molar-refractivity contribution in [3.63, 3.8) is 0 Å². The van der Waals surface area contributed by atoms with Crippen molar-refractivity contribution in [1.29, 1.82) is 0 Å². The zero-order valence-electron chi connectivity index (χ0n) is 13.2. The predicted molar refractivity (Wildman–Crippen MR) is 103 cm³/mol. The molecule has 126 valence electrons. The summed E-state index contributed by atoms with van der Waals surface area (Å²) in [6, 6.07) is 15.9. The molecule has 2 aromatic carbocycles. The Labute approximate surface area is 157 Å². The lowest BCUT2D eigenvalue weighted by Gasteiger charge is -2.01. The number of fused-ring (bicyclic) bond motifs is 1. The van der Waals surface area contributed by atoms with E-state index < -0.39 is 0 Å². The van der Waals surface area contributed by atoms with Crippen LogP contribution in [0, 0.1) is 0 Å². The zero-order chi connectivity index (χ0) is 17.2. The topological polar surface area (TPSA) is 48.2 Å². The van der Waals surface area contributed by atoms with Gasteiger partial charge in [-0.25, -0.2) is 0 Å². The van der Waals surface area contributed by atoms with E-state index in [1.807, 2.05) is 48.5 Å². The highest BCUT2D eigenvalue weighted by atomic mass is 35.5. The summed E-state index contributed by atoms with van der Waals surface area (Å²) in [6.45, 7) is 0. The van der Waals surface area contributed by atoms with E-state index in [4.69, 9.17) is 20.8 Å². The Hall–Kier alpha value is -2.02. The van der Waals surface area contributed by atoms with Crippen molar-refractivity contribution >= 4 is 44.8 Å². The number of thiophene rings is 1. The van der Waals surface area contributed by atoms with Gasteiger partial charge in [0.15, 0.2) is 0 Å². The molecule has 0 amide bonds. The van der Waals surface area contributed by atoms with Gasteiger partial charge in [-0.3, -0.25) is 0 Å². The van der Waals surface area contributed by atoms with Crippen LogP contribution in [0.4, 0.5) is 0 Å². The molecule has 0 aliphatic rings. The minimum absolute atomic E-state index is 0.462. The first-order chi connectivity index (χ1) is 12.2. The molecule has 0 atom stereocenters. The molecule has 0 radical (unpaired) electrons. The van der Waals surface area contributed by atoms with Crippen LogP contribution in [0.15, 0.2) is 58.2 Å². The minimum atomic E-state index is 0.462. The largest absolute Gasteiger partial charge is 0.497 e. The molecule has 0 N–H and O–H groups in total. The Balaban J connectivity index is 1.52. The molecule has 0 spiro atoms. The van der Waals surface area contributed by atoms with Gasteiger partial charge in [-0.1, -0.05) is 53.7 Å². The first-order valence-electron chi connectivity index (χ1n) is 7.51. The summed E-state index contributed by atoms with van der Waals surface area (Å²) in [5.41, 5.74) is 1.16. The van der Waals surface area contributed by atoms with Crippen molar-refractivity contribution in [3.8, 4) is 16.5 Å². The van der Waals surface area contributed by atoms with Crippen LogP contribution in [0.25, 0.3) is 20.9 Å². The molecule has 2 aromatic heterocycles. The third-order valence-corrected chi connectivity index (χ3v) is 6.21. The fourth-order valence-corrected chi connectivity index (χ4v) is 4.53. The van der Waals surface area contributed by atoms with Crippen molar-refractivity contribution in [1.82, 2.24) is 10.2 Å². The first-order valence-corrected chi connectivity index (χ1v) is 9.69. The van der Waals surface area contributed by atoms with Crippen molar-refractivity contribution in [2.75, 3.05) is 7.11 Å². The second-order valence-electron chi connectivity index (χ2n) is 5.25. The molecule has 7 heteroatoms. The van der Waals surface area contributed by atoms with Crippen LogP contribution < -0.4 is 4.74 Å². The molecule has 0 fully saturated rings. The van der Waals surface area contributed by atoms with Crippen molar-refractivity contribution in [3.05, 3.63) is 59.1 Å². The van der Waals surface area contributed by atoms with Crippen LogP contribution in [0.3, 0.4) is 0 Å². The summed E-state index contributed by atoms with van der Waals surface area (Å²) in [5.74, 6) is 2.04. The van der Waals surface area contributed by atoms with Gasteiger partial charge in [0.05, 0.1) is 12.1 Å². The number of rotatable bonds is 5. The number of hydrogen-bond donors (Lipinski definition) is 0. The molecule has 25 heavy (non-hydrogen) atoms. The van der Waals surface area contributed by atoms with Gasteiger partial charge in [0.2, 0.25) is 0 Å². The van der Waals surface area contributed by atoms with Crippen LogP contribution >= 0.6 is 34.7 Å². The van der Waals surface area contributed by atoms with Crippen LogP contribution in [0.5, 0.6) is 5.75 Å². The summed E-state index contributed by atoms with van der Waals surface area (Å²) in [7, 11) is 1.66. The second-order valence-corrected chi connectivity index (χ2v) is 7.61. The molecular formula is C18H13ClN2O2S2. The van der Waals surface area contributed by atoms with Gasteiger partial charge in [0, 0.05) is 15.8 Å². The summed E-state index contributed by atoms with van der Waals surface area (Å²) in [5, 5.41) is 10.5. The van der Waals surface area contributed by atoms with E-state index in [0.717, 1.165) is 32.0 Å². The Morgan fingerprint density at radius 2 is 1.92 bits per heavy atom. The Morgan fingerprint density at radius 1 is 1.12 bits per heavy atom. The van der Waals surface area contributed by atoms with E-state index in [0.29, 0.717) is 16.1 Å². The third kappa shape index (κ3) is 3.38. The number of benzene rings is 2. The van der Waals surface area contributed by atoms with Crippen LogP contribution in [0.1, 0.15) is 5.56 Å². The lowest BCUT2D eigenvalue weighted by molar-refractivity contribution is 0.414. The highest BCUT2D eigenvalue weighted by Gasteiger charge is 2.17. The molecule has 0 aliphatic heterocycles. The molecule has 4 rings (SSSR count). The molecule has 0 unspecified atom stereocenters. The summed E-state index contributed by atoms with van der Waals surface area (Å²) < 4.78 is 12.1. The molecular weight excluding hydrogens is 376 g/mol. The molecule has 4 nitrogen and oxygen atoms in total. The van der Waals surface area contributed by atoms with Gasteiger partial charge in [-0.15, -0.1) is 21.5 Å². The number of nitrogens with zero attached hydrogens (tertiary/aromatic N) is 2. The maximum Gasteiger partial charge on any atom is 0.277 e. The van der Waals surface area contributed by atoms with Gasteiger partial charge < -0.3 is 9.15 Å². The molecule has 0 aliphatic carbocycles. The maximum absolute atomic E-state index is 6.47. The second kappa shape index (κ2) is 7.07. The molecule has 2 heterocycles. The van der Waals surface area contributed by atoms with E-state index in [9.17, 15) is 0 Å². The summed E-state index contributed by atoms with van der Waals surface area (Å²) >= 11 is 9.52. The van der Waals surface area contributed by atoms with Crippen LogP contribution in [-0.4, -0.2) is 17.3 Å². The van der Waals surface area contributed by atoms with E-state index in [2.05, 4.69) is 10.2 Å².